The van der Waals surface area contributed by atoms with E-state index in [9.17, 15) is 9.00 Å². The Morgan fingerprint density at radius 3 is 2.43 bits per heavy atom. The van der Waals surface area contributed by atoms with Gasteiger partial charge in [-0.25, -0.2) is 4.79 Å². The Labute approximate surface area is 178 Å². The first-order valence-electron chi connectivity index (χ1n) is 10.5. The topological polar surface area (TPSA) is 65.1 Å². The van der Waals surface area contributed by atoms with Crippen LogP contribution in [0.4, 0.5) is 4.79 Å². The Morgan fingerprint density at radius 2 is 1.73 bits per heavy atom. The van der Waals surface area contributed by atoms with Crippen LogP contribution in [0, 0.1) is 0 Å². The zero-order chi connectivity index (χ0) is 20.6. The molecule has 7 heteroatoms. The van der Waals surface area contributed by atoms with Gasteiger partial charge >= 0.3 is 6.09 Å². The van der Waals surface area contributed by atoms with E-state index in [-0.39, 0.29) is 18.2 Å². The molecular weight excluding hydrogens is 402 g/mol. The van der Waals surface area contributed by atoms with Crippen LogP contribution >= 0.6 is 0 Å². The number of hydrogen-bond acceptors (Lipinski definition) is 5. The van der Waals surface area contributed by atoms with Crippen LogP contribution in [0.1, 0.15) is 37.3 Å². The number of nitrogens with zero attached hydrogens (tertiary/aromatic N) is 1. The maximum absolute atomic E-state index is 13.3. The summed E-state index contributed by atoms with van der Waals surface area (Å²) in [6.07, 6.45) is 2.65. The number of ether oxygens (including phenoxy) is 3. The van der Waals surface area contributed by atoms with Crippen molar-refractivity contribution in [1.29, 1.82) is 0 Å². The number of hydrogen-bond donors (Lipinski definition) is 0. The SMILES string of the molecule is O=C1OC[C@H](c2ccccc2)N1[C@H]1CC(S(=O)c2ccccc2)O[C@@]12CCCCO2. The second-order valence-electron chi connectivity index (χ2n) is 7.94. The van der Waals surface area contributed by atoms with Crippen LogP contribution in [0.25, 0.3) is 0 Å². The third-order valence-electron chi connectivity index (χ3n) is 6.17. The maximum Gasteiger partial charge on any atom is 0.410 e. The molecule has 2 aromatic carbocycles. The van der Waals surface area contributed by atoms with Crippen molar-refractivity contribution in [3.05, 3.63) is 66.2 Å². The van der Waals surface area contributed by atoms with E-state index < -0.39 is 22.0 Å². The molecule has 0 N–H and O–H groups in total. The molecule has 0 saturated carbocycles. The van der Waals surface area contributed by atoms with E-state index in [1.807, 2.05) is 60.7 Å². The van der Waals surface area contributed by atoms with Crippen LogP contribution < -0.4 is 0 Å². The molecular formula is C23H25NO5S. The fraction of sp³-hybridized carbons (Fsp3) is 0.435. The molecule has 30 heavy (non-hydrogen) atoms. The third-order valence-corrected chi connectivity index (χ3v) is 7.67. The molecule has 0 aliphatic carbocycles. The van der Waals surface area contributed by atoms with Gasteiger partial charge in [-0.05, 0) is 30.5 Å². The van der Waals surface area contributed by atoms with Crippen molar-refractivity contribution < 1.29 is 23.2 Å². The van der Waals surface area contributed by atoms with Crippen molar-refractivity contribution in [2.45, 2.75) is 53.9 Å². The zero-order valence-electron chi connectivity index (χ0n) is 16.6. The molecule has 3 heterocycles. The van der Waals surface area contributed by atoms with Crippen LogP contribution in [0.2, 0.25) is 0 Å². The Balaban J connectivity index is 1.48. The van der Waals surface area contributed by atoms with Crippen molar-refractivity contribution in [3.63, 3.8) is 0 Å². The number of carbonyl (C=O) groups is 1. The molecule has 3 fully saturated rings. The third kappa shape index (κ3) is 3.45. The van der Waals surface area contributed by atoms with Gasteiger partial charge in [0, 0.05) is 17.7 Å². The van der Waals surface area contributed by atoms with E-state index in [4.69, 9.17) is 14.2 Å². The summed E-state index contributed by atoms with van der Waals surface area (Å²) in [4.78, 5) is 15.3. The number of amides is 1. The van der Waals surface area contributed by atoms with Crippen LogP contribution in [0.15, 0.2) is 65.6 Å². The number of carbonyl (C=O) groups excluding carboxylic acids is 1. The Hall–Kier alpha value is -2.22. The predicted molar refractivity (Wildman–Crippen MR) is 111 cm³/mol. The van der Waals surface area contributed by atoms with Gasteiger partial charge < -0.3 is 14.2 Å². The van der Waals surface area contributed by atoms with Gasteiger partial charge in [-0.3, -0.25) is 9.11 Å². The summed E-state index contributed by atoms with van der Waals surface area (Å²) < 4.78 is 31.3. The highest BCUT2D eigenvalue weighted by molar-refractivity contribution is 7.85. The molecule has 158 valence electrons. The summed E-state index contributed by atoms with van der Waals surface area (Å²) in [6, 6.07) is 18.6. The van der Waals surface area contributed by atoms with E-state index >= 15 is 0 Å². The van der Waals surface area contributed by atoms with E-state index in [1.54, 1.807) is 4.90 Å². The highest BCUT2D eigenvalue weighted by Crippen LogP contribution is 2.46. The first kappa shape index (κ1) is 19.7. The van der Waals surface area contributed by atoms with Gasteiger partial charge in [0.15, 0.2) is 5.79 Å². The van der Waals surface area contributed by atoms with E-state index in [2.05, 4.69) is 0 Å². The number of rotatable bonds is 4. The maximum atomic E-state index is 13.3. The highest BCUT2D eigenvalue weighted by atomic mass is 32.2. The molecule has 0 aromatic heterocycles. The van der Waals surface area contributed by atoms with Crippen molar-refractivity contribution in [2.24, 2.45) is 0 Å². The molecule has 5 atom stereocenters. The summed E-state index contributed by atoms with van der Waals surface area (Å²) >= 11 is 0. The molecule has 3 aliphatic rings. The number of cyclic esters (lactones) is 1. The summed E-state index contributed by atoms with van der Waals surface area (Å²) in [5.74, 6) is -0.941. The molecule has 3 saturated heterocycles. The molecule has 1 spiro atoms. The second kappa shape index (κ2) is 8.13. The van der Waals surface area contributed by atoms with Crippen LogP contribution in [-0.2, 0) is 25.0 Å². The molecule has 5 rings (SSSR count). The Morgan fingerprint density at radius 1 is 1.00 bits per heavy atom. The van der Waals surface area contributed by atoms with Gasteiger partial charge in [-0.15, -0.1) is 0 Å². The molecule has 0 radical (unpaired) electrons. The smallest absolute Gasteiger partial charge is 0.410 e. The van der Waals surface area contributed by atoms with E-state index in [0.717, 1.165) is 23.3 Å². The molecule has 3 aliphatic heterocycles. The minimum absolute atomic E-state index is 0.210. The lowest BCUT2D eigenvalue weighted by Gasteiger charge is -2.41. The summed E-state index contributed by atoms with van der Waals surface area (Å²) in [5.41, 5.74) is 0.474. The van der Waals surface area contributed by atoms with E-state index in [1.165, 1.54) is 0 Å². The van der Waals surface area contributed by atoms with Gasteiger partial charge in [0.1, 0.15) is 12.0 Å². The minimum atomic E-state index is -1.36. The lowest BCUT2D eigenvalue weighted by molar-refractivity contribution is -0.254. The zero-order valence-corrected chi connectivity index (χ0v) is 17.5. The van der Waals surface area contributed by atoms with Gasteiger partial charge in [0.25, 0.3) is 0 Å². The molecule has 6 nitrogen and oxygen atoms in total. The van der Waals surface area contributed by atoms with Gasteiger partial charge in [-0.1, -0.05) is 48.5 Å². The van der Waals surface area contributed by atoms with E-state index in [0.29, 0.717) is 26.1 Å². The Kier molecular flexibility index (Phi) is 5.35. The largest absolute Gasteiger partial charge is 0.447 e. The van der Waals surface area contributed by atoms with Gasteiger partial charge in [-0.2, -0.15) is 0 Å². The van der Waals surface area contributed by atoms with Gasteiger partial charge in [0.2, 0.25) is 0 Å². The van der Waals surface area contributed by atoms with Crippen molar-refractivity contribution >= 4 is 16.9 Å². The van der Waals surface area contributed by atoms with Crippen molar-refractivity contribution in [3.8, 4) is 0 Å². The molecule has 1 amide bonds. The van der Waals surface area contributed by atoms with Crippen LogP contribution in [-0.4, -0.2) is 45.7 Å². The fourth-order valence-electron chi connectivity index (χ4n) is 4.73. The summed E-state index contributed by atoms with van der Waals surface area (Å²) in [5, 5.41) is 0. The van der Waals surface area contributed by atoms with Crippen LogP contribution in [0.5, 0.6) is 0 Å². The highest BCUT2D eigenvalue weighted by Gasteiger charge is 2.58. The monoisotopic (exact) mass is 427 g/mol. The second-order valence-corrected chi connectivity index (χ2v) is 9.53. The minimum Gasteiger partial charge on any atom is -0.447 e. The normalized spacial score (nSPS) is 32.3. The predicted octanol–water partition coefficient (Wildman–Crippen LogP) is 4.00. The molecule has 2 unspecified atom stereocenters. The average Bonchev–Trinajstić information content (AvgIpc) is 3.35. The lowest BCUT2D eigenvalue weighted by Crippen LogP contribution is -2.54. The lowest BCUT2D eigenvalue weighted by atomic mass is 9.94. The first-order chi connectivity index (χ1) is 14.7. The molecule has 0 bridgehead atoms. The number of benzene rings is 2. The average molecular weight is 428 g/mol. The van der Waals surface area contributed by atoms with Crippen molar-refractivity contribution in [1.82, 2.24) is 4.90 Å². The van der Waals surface area contributed by atoms with Gasteiger partial charge in [0.05, 0.1) is 29.5 Å². The van der Waals surface area contributed by atoms with Crippen molar-refractivity contribution in [2.75, 3.05) is 13.2 Å². The Bertz CT molecular complexity index is 916. The summed E-state index contributed by atoms with van der Waals surface area (Å²) in [7, 11) is -1.36. The first-order valence-corrected chi connectivity index (χ1v) is 11.7. The fourth-order valence-corrected chi connectivity index (χ4v) is 6.07. The standard InChI is InChI=1S/C23H25NO5S/c25-22-24(19(16-27-22)17-9-3-1-4-10-17)20-15-21(29-23(20)13-7-8-14-28-23)30(26)18-11-5-2-6-12-18/h1-6,9-12,19-21H,7-8,13-16H2/t19-,20+,21?,23+,30?/m1/s1. The van der Waals surface area contributed by atoms with Crippen LogP contribution in [0.3, 0.4) is 0 Å². The summed E-state index contributed by atoms with van der Waals surface area (Å²) in [6.45, 7) is 0.863. The molecule has 2 aromatic rings. The quantitative estimate of drug-likeness (QED) is 0.738.